The number of halogens is 4. The highest BCUT2D eigenvalue weighted by Gasteiger charge is 2.14. The molecule has 0 radical (unpaired) electrons. The Kier molecular flexibility index (Phi) is 4.12. The van der Waals surface area contributed by atoms with Crippen LogP contribution >= 0.6 is 11.6 Å². The van der Waals surface area contributed by atoms with Crippen molar-refractivity contribution in [1.29, 1.82) is 0 Å². The van der Waals surface area contributed by atoms with Crippen LogP contribution in [0.2, 0.25) is 5.02 Å². The number of benzene rings is 2. The SMILES string of the molecule is NC(Cc1cccc(F)c1F)c1ccc(F)c(Cl)c1. The van der Waals surface area contributed by atoms with E-state index >= 15 is 0 Å². The first-order chi connectivity index (χ1) is 8.99. The maximum absolute atomic E-state index is 13.5. The van der Waals surface area contributed by atoms with Gasteiger partial charge in [0, 0.05) is 6.04 Å². The topological polar surface area (TPSA) is 26.0 Å². The fraction of sp³-hybridized carbons (Fsp3) is 0.143. The van der Waals surface area contributed by atoms with E-state index < -0.39 is 23.5 Å². The van der Waals surface area contributed by atoms with Gasteiger partial charge in [-0.25, -0.2) is 13.2 Å². The first-order valence-corrected chi connectivity index (χ1v) is 6.00. The molecule has 2 aromatic carbocycles. The van der Waals surface area contributed by atoms with Crippen molar-refractivity contribution < 1.29 is 13.2 Å². The van der Waals surface area contributed by atoms with Crippen LogP contribution in [0, 0.1) is 17.5 Å². The third kappa shape index (κ3) is 3.08. The Hall–Kier alpha value is -1.52. The molecule has 0 aliphatic rings. The molecule has 5 heteroatoms. The maximum atomic E-state index is 13.5. The van der Waals surface area contributed by atoms with Gasteiger partial charge in [-0.05, 0) is 35.7 Å². The molecule has 1 atom stereocenters. The zero-order chi connectivity index (χ0) is 14.0. The van der Waals surface area contributed by atoms with Crippen molar-refractivity contribution in [2.24, 2.45) is 5.73 Å². The van der Waals surface area contributed by atoms with Crippen LogP contribution in [0.25, 0.3) is 0 Å². The van der Waals surface area contributed by atoms with Crippen LogP contribution in [-0.2, 0) is 6.42 Å². The number of rotatable bonds is 3. The summed E-state index contributed by atoms with van der Waals surface area (Å²) < 4.78 is 39.6. The predicted octanol–water partition coefficient (Wildman–Crippen LogP) is 4.00. The lowest BCUT2D eigenvalue weighted by atomic mass is 9.99. The summed E-state index contributed by atoms with van der Waals surface area (Å²) in [5.74, 6) is -2.37. The Bertz CT molecular complexity index is 601. The number of hydrogen-bond acceptors (Lipinski definition) is 1. The van der Waals surface area contributed by atoms with E-state index in [4.69, 9.17) is 17.3 Å². The second-order valence-electron chi connectivity index (χ2n) is 4.20. The third-order valence-corrected chi connectivity index (χ3v) is 3.13. The minimum Gasteiger partial charge on any atom is -0.324 e. The van der Waals surface area contributed by atoms with Crippen molar-refractivity contribution in [1.82, 2.24) is 0 Å². The summed E-state index contributed by atoms with van der Waals surface area (Å²) in [6.07, 6.45) is 0.103. The van der Waals surface area contributed by atoms with Crippen LogP contribution in [0.4, 0.5) is 13.2 Å². The van der Waals surface area contributed by atoms with Crippen LogP contribution in [-0.4, -0.2) is 0 Å². The van der Waals surface area contributed by atoms with Crippen molar-refractivity contribution in [3.8, 4) is 0 Å². The maximum Gasteiger partial charge on any atom is 0.162 e. The van der Waals surface area contributed by atoms with Crippen molar-refractivity contribution in [2.75, 3.05) is 0 Å². The van der Waals surface area contributed by atoms with E-state index in [1.165, 1.54) is 30.3 Å². The molecule has 1 unspecified atom stereocenters. The van der Waals surface area contributed by atoms with Crippen molar-refractivity contribution in [2.45, 2.75) is 12.5 Å². The zero-order valence-electron chi connectivity index (χ0n) is 9.84. The van der Waals surface area contributed by atoms with E-state index in [2.05, 4.69) is 0 Å². The summed E-state index contributed by atoms with van der Waals surface area (Å²) >= 11 is 5.65. The van der Waals surface area contributed by atoms with Crippen molar-refractivity contribution in [3.05, 3.63) is 70.0 Å². The van der Waals surface area contributed by atoms with Gasteiger partial charge in [0.25, 0.3) is 0 Å². The lowest BCUT2D eigenvalue weighted by Crippen LogP contribution is -2.14. The molecule has 0 amide bonds. The average molecular weight is 286 g/mol. The first kappa shape index (κ1) is 13.9. The molecule has 2 N–H and O–H groups in total. The molecule has 100 valence electrons. The van der Waals surface area contributed by atoms with Gasteiger partial charge in [0.15, 0.2) is 11.6 Å². The highest BCUT2D eigenvalue weighted by atomic mass is 35.5. The monoisotopic (exact) mass is 285 g/mol. The molecule has 19 heavy (non-hydrogen) atoms. The largest absolute Gasteiger partial charge is 0.324 e. The Morgan fingerprint density at radius 1 is 1.05 bits per heavy atom. The van der Waals surface area contributed by atoms with Crippen LogP contribution < -0.4 is 5.73 Å². The van der Waals surface area contributed by atoms with Gasteiger partial charge in [0.1, 0.15) is 5.82 Å². The second-order valence-corrected chi connectivity index (χ2v) is 4.60. The summed E-state index contributed by atoms with van der Waals surface area (Å²) in [7, 11) is 0. The summed E-state index contributed by atoms with van der Waals surface area (Å²) in [5, 5.41) is -0.0485. The molecule has 1 nitrogen and oxygen atoms in total. The molecule has 0 fully saturated rings. The number of nitrogens with two attached hydrogens (primary N) is 1. The molecular formula is C14H11ClF3N. The fourth-order valence-corrected chi connectivity index (χ4v) is 1.99. The van der Waals surface area contributed by atoms with Gasteiger partial charge >= 0.3 is 0 Å². The van der Waals surface area contributed by atoms with Crippen molar-refractivity contribution in [3.63, 3.8) is 0 Å². The lowest BCUT2D eigenvalue weighted by molar-refractivity contribution is 0.494. The molecule has 0 bridgehead atoms. The average Bonchev–Trinajstić information content (AvgIpc) is 2.38. The molecule has 0 aliphatic carbocycles. The summed E-state index contributed by atoms with van der Waals surface area (Å²) in [6.45, 7) is 0. The molecule has 0 saturated carbocycles. The highest BCUT2D eigenvalue weighted by molar-refractivity contribution is 6.30. The molecule has 0 spiro atoms. The molecule has 0 aromatic heterocycles. The summed E-state index contributed by atoms with van der Waals surface area (Å²) in [6, 6.07) is 7.39. The molecule has 2 rings (SSSR count). The standard InChI is InChI=1S/C14H11ClF3N/c15-10-6-8(4-5-11(10)16)13(19)7-9-2-1-3-12(17)14(9)18/h1-6,13H,7,19H2. The van der Waals surface area contributed by atoms with Crippen LogP contribution in [0.15, 0.2) is 36.4 Å². The van der Waals surface area contributed by atoms with E-state index in [0.717, 1.165) is 6.07 Å². The summed E-state index contributed by atoms with van der Waals surface area (Å²) in [4.78, 5) is 0. The normalized spacial score (nSPS) is 12.5. The minimum absolute atomic E-state index is 0.0485. The van der Waals surface area contributed by atoms with Gasteiger partial charge in [-0.15, -0.1) is 0 Å². The van der Waals surface area contributed by atoms with E-state index in [1.54, 1.807) is 0 Å². The Morgan fingerprint density at radius 2 is 1.79 bits per heavy atom. The Labute approximate surface area is 113 Å². The zero-order valence-corrected chi connectivity index (χ0v) is 10.6. The predicted molar refractivity (Wildman–Crippen MR) is 68.4 cm³/mol. The van der Waals surface area contributed by atoms with Gasteiger partial charge in [-0.3, -0.25) is 0 Å². The lowest BCUT2D eigenvalue weighted by Gasteiger charge is -2.13. The Morgan fingerprint density at radius 3 is 2.47 bits per heavy atom. The van der Waals surface area contributed by atoms with Crippen LogP contribution in [0.5, 0.6) is 0 Å². The Balaban J connectivity index is 2.23. The minimum atomic E-state index is -0.915. The highest BCUT2D eigenvalue weighted by Crippen LogP contribution is 2.23. The third-order valence-electron chi connectivity index (χ3n) is 2.84. The molecule has 0 saturated heterocycles. The molecule has 0 aliphatic heterocycles. The van der Waals surface area contributed by atoms with Gasteiger partial charge < -0.3 is 5.73 Å². The van der Waals surface area contributed by atoms with Crippen LogP contribution in [0.1, 0.15) is 17.2 Å². The van der Waals surface area contributed by atoms with E-state index in [0.29, 0.717) is 5.56 Å². The van der Waals surface area contributed by atoms with Gasteiger partial charge in [0.05, 0.1) is 5.02 Å². The smallest absolute Gasteiger partial charge is 0.162 e. The number of hydrogen-bond donors (Lipinski definition) is 1. The second kappa shape index (κ2) is 5.63. The molecule has 0 heterocycles. The van der Waals surface area contributed by atoms with Gasteiger partial charge in [0.2, 0.25) is 0 Å². The fourth-order valence-electron chi connectivity index (χ4n) is 1.80. The quantitative estimate of drug-likeness (QED) is 0.906. The van der Waals surface area contributed by atoms with Gasteiger partial charge in [-0.1, -0.05) is 29.8 Å². The van der Waals surface area contributed by atoms with Gasteiger partial charge in [-0.2, -0.15) is 0 Å². The van der Waals surface area contributed by atoms with E-state index in [1.807, 2.05) is 0 Å². The van der Waals surface area contributed by atoms with Crippen molar-refractivity contribution >= 4 is 11.6 Å². The summed E-state index contributed by atoms with van der Waals surface area (Å²) in [5.41, 5.74) is 6.63. The van der Waals surface area contributed by atoms with E-state index in [-0.39, 0.29) is 17.0 Å². The van der Waals surface area contributed by atoms with Crippen LogP contribution in [0.3, 0.4) is 0 Å². The first-order valence-electron chi connectivity index (χ1n) is 5.62. The van der Waals surface area contributed by atoms with E-state index in [9.17, 15) is 13.2 Å². The molecular weight excluding hydrogens is 275 g/mol. The molecule has 2 aromatic rings.